The van der Waals surface area contributed by atoms with E-state index < -0.39 is 15.3 Å². The summed E-state index contributed by atoms with van der Waals surface area (Å²) in [5.41, 5.74) is 5.32. The standard InChI is InChI=1S/C10H20N4O2S/c1-10(8-11)17(15,16)13-4-2-3-6-14-7-5-12-9-14/h5,7,9-10,13H,2-4,6,8,11H2,1H3. The molecule has 0 amide bonds. The van der Waals surface area contributed by atoms with E-state index in [1.54, 1.807) is 19.4 Å². The Morgan fingerprint density at radius 3 is 2.82 bits per heavy atom. The minimum atomic E-state index is -3.24. The van der Waals surface area contributed by atoms with Crippen LogP contribution < -0.4 is 10.5 Å². The van der Waals surface area contributed by atoms with Gasteiger partial charge in [-0.2, -0.15) is 0 Å². The summed E-state index contributed by atoms with van der Waals surface area (Å²) in [6.07, 6.45) is 7.08. The normalized spacial score (nSPS) is 13.8. The average molecular weight is 260 g/mol. The molecule has 0 aliphatic carbocycles. The Balaban J connectivity index is 2.16. The molecule has 0 saturated carbocycles. The van der Waals surface area contributed by atoms with Gasteiger partial charge in [0.05, 0.1) is 11.6 Å². The average Bonchev–Trinajstić information content (AvgIpc) is 2.80. The fourth-order valence-corrected chi connectivity index (χ4v) is 2.29. The van der Waals surface area contributed by atoms with Gasteiger partial charge in [0, 0.05) is 32.0 Å². The van der Waals surface area contributed by atoms with Crippen LogP contribution in [0.1, 0.15) is 19.8 Å². The summed E-state index contributed by atoms with van der Waals surface area (Å²) in [5, 5.41) is -0.531. The molecule has 1 heterocycles. The molecule has 1 unspecified atom stereocenters. The third-order valence-electron chi connectivity index (χ3n) is 2.57. The topological polar surface area (TPSA) is 90.0 Å². The van der Waals surface area contributed by atoms with Gasteiger partial charge in [-0.1, -0.05) is 0 Å². The van der Waals surface area contributed by atoms with Crippen molar-refractivity contribution in [2.75, 3.05) is 13.1 Å². The molecule has 1 atom stereocenters. The first-order valence-electron chi connectivity index (χ1n) is 5.70. The number of imidazole rings is 1. The smallest absolute Gasteiger partial charge is 0.215 e. The summed E-state index contributed by atoms with van der Waals surface area (Å²) in [5.74, 6) is 0. The number of aryl methyl sites for hydroxylation is 1. The SMILES string of the molecule is CC(CN)S(=O)(=O)NCCCCn1ccnc1. The summed E-state index contributed by atoms with van der Waals surface area (Å²) >= 11 is 0. The van der Waals surface area contributed by atoms with Gasteiger partial charge in [0.25, 0.3) is 0 Å². The van der Waals surface area contributed by atoms with Gasteiger partial charge in [0.2, 0.25) is 10.0 Å². The summed E-state index contributed by atoms with van der Waals surface area (Å²) in [7, 11) is -3.24. The first-order valence-corrected chi connectivity index (χ1v) is 7.25. The second-order valence-electron chi connectivity index (χ2n) is 3.99. The zero-order valence-electron chi connectivity index (χ0n) is 10.0. The number of aromatic nitrogens is 2. The van der Waals surface area contributed by atoms with Crippen LogP contribution >= 0.6 is 0 Å². The lowest BCUT2D eigenvalue weighted by atomic mass is 10.3. The molecule has 0 aliphatic rings. The molecular formula is C10H20N4O2S. The van der Waals surface area contributed by atoms with Gasteiger partial charge in [0.15, 0.2) is 0 Å². The maximum absolute atomic E-state index is 11.5. The molecule has 0 aliphatic heterocycles. The molecule has 7 heteroatoms. The van der Waals surface area contributed by atoms with Crippen molar-refractivity contribution in [1.29, 1.82) is 0 Å². The Bertz CT molecular complexity index is 402. The number of nitrogens with zero attached hydrogens (tertiary/aromatic N) is 2. The van der Waals surface area contributed by atoms with Gasteiger partial charge in [0.1, 0.15) is 0 Å². The summed E-state index contributed by atoms with van der Waals surface area (Å²) < 4.78 is 27.6. The molecule has 0 saturated heterocycles. The summed E-state index contributed by atoms with van der Waals surface area (Å²) in [6, 6.07) is 0. The molecule has 0 fully saturated rings. The van der Waals surface area contributed by atoms with E-state index in [0.717, 1.165) is 19.4 Å². The molecule has 6 nitrogen and oxygen atoms in total. The molecule has 1 rings (SSSR count). The predicted molar refractivity (Wildman–Crippen MR) is 66.9 cm³/mol. The second-order valence-corrected chi connectivity index (χ2v) is 6.18. The number of nitrogens with one attached hydrogen (secondary N) is 1. The zero-order chi connectivity index (χ0) is 12.7. The molecule has 0 radical (unpaired) electrons. The van der Waals surface area contributed by atoms with E-state index in [4.69, 9.17) is 5.73 Å². The second kappa shape index (κ2) is 6.73. The number of nitrogens with two attached hydrogens (primary N) is 1. The summed E-state index contributed by atoms with van der Waals surface area (Å²) in [6.45, 7) is 3.06. The Morgan fingerprint density at radius 2 is 2.24 bits per heavy atom. The predicted octanol–water partition coefficient (Wildman–Crippen LogP) is -0.0701. The Kier molecular flexibility index (Phi) is 5.60. The highest BCUT2D eigenvalue weighted by Crippen LogP contribution is 1.98. The molecule has 1 aromatic heterocycles. The van der Waals surface area contributed by atoms with Crippen LogP contribution in [0.3, 0.4) is 0 Å². The maximum atomic E-state index is 11.5. The first-order chi connectivity index (χ1) is 8.06. The molecule has 0 bridgehead atoms. The fraction of sp³-hybridized carbons (Fsp3) is 0.700. The third kappa shape index (κ3) is 4.84. The first kappa shape index (κ1) is 14.1. The van der Waals surface area contributed by atoms with Crippen LogP contribution in [0.4, 0.5) is 0 Å². The van der Waals surface area contributed by atoms with Crippen molar-refractivity contribution in [3.8, 4) is 0 Å². The monoisotopic (exact) mass is 260 g/mol. The largest absolute Gasteiger partial charge is 0.337 e. The maximum Gasteiger partial charge on any atom is 0.215 e. The number of hydrogen-bond acceptors (Lipinski definition) is 4. The van der Waals surface area contributed by atoms with Crippen LogP contribution in [0.15, 0.2) is 18.7 Å². The lowest BCUT2D eigenvalue weighted by molar-refractivity contribution is 0.556. The van der Waals surface area contributed by atoms with Gasteiger partial charge in [-0.05, 0) is 19.8 Å². The molecular weight excluding hydrogens is 240 g/mol. The minimum absolute atomic E-state index is 0.143. The van der Waals surface area contributed by atoms with Gasteiger partial charge >= 0.3 is 0 Å². The minimum Gasteiger partial charge on any atom is -0.337 e. The van der Waals surface area contributed by atoms with E-state index in [1.165, 1.54) is 0 Å². The highest BCUT2D eigenvalue weighted by Gasteiger charge is 2.17. The van der Waals surface area contributed by atoms with Crippen LogP contribution in [0.25, 0.3) is 0 Å². The highest BCUT2D eigenvalue weighted by atomic mass is 32.2. The number of sulfonamides is 1. The van der Waals surface area contributed by atoms with E-state index in [0.29, 0.717) is 6.54 Å². The Morgan fingerprint density at radius 1 is 1.47 bits per heavy atom. The van der Waals surface area contributed by atoms with E-state index in [9.17, 15) is 8.42 Å². The third-order valence-corrected chi connectivity index (χ3v) is 4.43. The van der Waals surface area contributed by atoms with Crippen molar-refractivity contribution in [3.63, 3.8) is 0 Å². The lowest BCUT2D eigenvalue weighted by Gasteiger charge is -2.11. The van der Waals surface area contributed by atoms with Crippen molar-refractivity contribution in [3.05, 3.63) is 18.7 Å². The van der Waals surface area contributed by atoms with Crippen molar-refractivity contribution in [1.82, 2.24) is 14.3 Å². The van der Waals surface area contributed by atoms with Crippen molar-refractivity contribution < 1.29 is 8.42 Å². The van der Waals surface area contributed by atoms with E-state index >= 15 is 0 Å². The van der Waals surface area contributed by atoms with Gasteiger partial charge in [-0.15, -0.1) is 0 Å². The Labute approximate surface area is 102 Å². The zero-order valence-corrected chi connectivity index (χ0v) is 10.9. The highest BCUT2D eigenvalue weighted by molar-refractivity contribution is 7.90. The van der Waals surface area contributed by atoms with Crippen molar-refractivity contribution in [2.45, 2.75) is 31.6 Å². The van der Waals surface area contributed by atoms with Crippen LogP contribution in [0.2, 0.25) is 0 Å². The van der Waals surface area contributed by atoms with Gasteiger partial charge in [-0.3, -0.25) is 0 Å². The van der Waals surface area contributed by atoms with Gasteiger partial charge in [-0.25, -0.2) is 18.1 Å². The molecule has 3 N–H and O–H groups in total. The van der Waals surface area contributed by atoms with Crippen LogP contribution in [0, 0.1) is 0 Å². The van der Waals surface area contributed by atoms with E-state index in [-0.39, 0.29) is 6.54 Å². The van der Waals surface area contributed by atoms with Crippen LogP contribution in [0.5, 0.6) is 0 Å². The number of rotatable bonds is 8. The molecule has 1 aromatic rings. The van der Waals surface area contributed by atoms with Crippen LogP contribution in [-0.2, 0) is 16.6 Å². The summed E-state index contributed by atoms with van der Waals surface area (Å²) in [4.78, 5) is 3.93. The number of hydrogen-bond donors (Lipinski definition) is 2. The van der Waals surface area contributed by atoms with Gasteiger partial charge < -0.3 is 10.3 Å². The van der Waals surface area contributed by atoms with Crippen molar-refractivity contribution in [2.24, 2.45) is 5.73 Å². The molecule has 98 valence electrons. The van der Waals surface area contributed by atoms with E-state index in [2.05, 4.69) is 9.71 Å². The molecule has 0 spiro atoms. The lowest BCUT2D eigenvalue weighted by Crippen LogP contribution is -2.37. The Hall–Kier alpha value is -0.920. The van der Waals surface area contributed by atoms with Crippen LogP contribution in [-0.4, -0.2) is 36.3 Å². The fourth-order valence-electron chi connectivity index (χ4n) is 1.32. The number of unbranched alkanes of at least 4 members (excludes halogenated alkanes) is 1. The quantitative estimate of drug-likeness (QED) is 0.640. The van der Waals surface area contributed by atoms with Crippen molar-refractivity contribution >= 4 is 10.0 Å². The molecule has 17 heavy (non-hydrogen) atoms. The molecule has 0 aromatic carbocycles. The van der Waals surface area contributed by atoms with E-state index in [1.807, 2.05) is 10.8 Å².